The van der Waals surface area contributed by atoms with E-state index in [1.54, 1.807) is 24.4 Å². The summed E-state index contributed by atoms with van der Waals surface area (Å²) in [6, 6.07) is 11.7. The van der Waals surface area contributed by atoms with Crippen molar-refractivity contribution in [1.82, 2.24) is 4.98 Å². The molecule has 7 heteroatoms. The first-order valence-corrected chi connectivity index (χ1v) is 11.2. The molecule has 3 heterocycles. The number of pyridine rings is 1. The first-order valence-electron chi connectivity index (χ1n) is 11.2. The van der Waals surface area contributed by atoms with Crippen LogP contribution in [0.4, 0.5) is 0 Å². The Morgan fingerprint density at radius 2 is 1.61 bits per heavy atom. The summed E-state index contributed by atoms with van der Waals surface area (Å²) in [4.78, 5) is 4.36. The van der Waals surface area contributed by atoms with Crippen LogP contribution < -0.4 is 0 Å². The largest absolute Gasteiger partial charge is 0.447 e. The van der Waals surface area contributed by atoms with Crippen LogP contribution in [0.1, 0.15) is 76.0 Å². The molecule has 1 saturated carbocycles. The minimum Gasteiger partial charge on any atom is -0.447 e. The Hall–Kier alpha value is -2.95. The van der Waals surface area contributed by atoms with E-state index in [-0.39, 0.29) is 5.90 Å². The van der Waals surface area contributed by atoms with Gasteiger partial charge < -0.3 is 9.47 Å². The molecule has 2 aliphatic heterocycles. The molecule has 0 radical (unpaired) electrons. The number of nitrogens with one attached hydrogen (secondary N) is 1. The summed E-state index contributed by atoms with van der Waals surface area (Å²) in [6.45, 7) is 0. The van der Waals surface area contributed by atoms with Crippen LogP contribution in [0, 0.1) is 56.2 Å². The van der Waals surface area contributed by atoms with Crippen LogP contribution in [0.15, 0.2) is 24.4 Å². The van der Waals surface area contributed by atoms with E-state index >= 15 is 0 Å². The van der Waals surface area contributed by atoms with E-state index < -0.39 is 28.6 Å². The molecule has 0 spiro atoms. The first kappa shape index (κ1) is 21.3. The Balaban J connectivity index is 1.88. The van der Waals surface area contributed by atoms with Gasteiger partial charge in [0, 0.05) is 12.6 Å². The minimum absolute atomic E-state index is 0.309. The van der Waals surface area contributed by atoms with E-state index in [0.717, 1.165) is 38.5 Å². The molecule has 1 aromatic rings. The third kappa shape index (κ3) is 3.01. The fourth-order valence-electron chi connectivity index (χ4n) is 5.72. The van der Waals surface area contributed by atoms with Gasteiger partial charge in [-0.1, -0.05) is 51.0 Å². The third-order valence-corrected chi connectivity index (χ3v) is 7.27. The van der Waals surface area contributed by atoms with Crippen LogP contribution in [-0.2, 0) is 9.47 Å². The topological polar surface area (TPSA) is 127 Å². The fraction of sp³-hybridized carbons (Fsp3) is 0.625. The van der Waals surface area contributed by atoms with E-state index in [1.165, 1.54) is 12.8 Å². The molecule has 160 valence electrons. The van der Waals surface area contributed by atoms with Crippen LogP contribution in [0.25, 0.3) is 0 Å². The highest BCUT2D eigenvalue weighted by atomic mass is 16.7. The second-order valence-corrected chi connectivity index (χ2v) is 8.87. The lowest BCUT2D eigenvalue weighted by Crippen LogP contribution is -2.59. The maximum absolute atomic E-state index is 10.5. The lowest BCUT2D eigenvalue weighted by Gasteiger charge is -2.49. The first-order chi connectivity index (χ1) is 15.1. The maximum atomic E-state index is 10.5. The second-order valence-electron chi connectivity index (χ2n) is 8.87. The lowest BCUT2D eigenvalue weighted by atomic mass is 9.52. The van der Waals surface area contributed by atoms with Crippen molar-refractivity contribution in [3.05, 3.63) is 30.1 Å². The zero-order valence-corrected chi connectivity index (χ0v) is 17.6. The van der Waals surface area contributed by atoms with E-state index in [0.29, 0.717) is 18.5 Å². The summed E-state index contributed by atoms with van der Waals surface area (Å²) in [5.41, 5.74) is -3.21. The van der Waals surface area contributed by atoms with E-state index in [4.69, 9.17) is 14.9 Å². The number of nitrogens with zero attached hydrogens (tertiary/aromatic N) is 4. The Bertz CT molecular complexity index is 945. The van der Waals surface area contributed by atoms with Gasteiger partial charge in [-0.25, -0.2) is 0 Å². The predicted octanol–water partition coefficient (Wildman–Crippen LogP) is 4.93. The smallest absolute Gasteiger partial charge is 0.217 e. The zero-order valence-electron chi connectivity index (χ0n) is 17.6. The van der Waals surface area contributed by atoms with E-state index in [1.807, 2.05) is 0 Å². The maximum Gasteiger partial charge on any atom is 0.217 e. The summed E-state index contributed by atoms with van der Waals surface area (Å²) in [6.07, 6.45) is 9.98. The molecule has 2 saturated heterocycles. The Morgan fingerprint density at radius 1 is 0.935 bits per heavy atom. The summed E-state index contributed by atoms with van der Waals surface area (Å²) in [5, 5.41) is 39.8. The molecule has 3 aliphatic rings. The van der Waals surface area contributed by atoms with Gasteiger partial charge in [-0.05, 0) is 25.0 Å². The molecule has 1 aromatic heterocycles. The standard InChI is InChI=1S/C24H27N5O2/c25-15-22(16-26)20(18-11-8-10-14-29-18)30-24-13-9-6-4-2-1-3-5-7-12-19(24)23(22,17-27)21(28)31-24/h8,10-11,14,19-20,28H,1-7,9,12-13H2. The Labute approximate surface area is 183 Å². The summed E-state index contributed by atoms with van der Waals surface area (Å²) in [5.74, 6) is -2.04. The van der Waals surface area contributed by atoms with Gasteiger partial charge in [-0.2, -0.15) is 15.8 Å². The van der Waals surface area contributed by atoms with Gasteiger partial charge in [-0.15, -0.1) is 0 Å². The summed E-state index contributed by atoms with van der Waals surface area (Å²) >= 11 is 0. The molecule has 4 unspecified atom stereocenters. The van der Waals surface area contributed by atoms with Crippen LogP contribution in [0.2, 0.25) is 0 Å². The molecule has 1 N–H and O–H groups in total. The molecule has 3 fully saturated rings. The van der Waals surface area contributed by atoms with Crippen molar-refractivity contribution < 1.29 is 9.47 Å². The van der Waals surface area contributed by atoms with Crippen LogP contribution in [0.5, 0.6) is 0 Å². The highest BCUT2D eigenvalue weighted by Gasteiger charge is 2.80. The highest BCUT2D eigenvalue weighted by Crippen LogP contribution is 2.68. The van der Waals surface area contributed by atoms with Gasteiger partial charge in [0.1, 0.15) is 6.10 Å². The van der Waals surface area contributed by atoms with Crippen molar-refractivity contribution in [2.24, 2.45) is 16.7 Å². The predicted molar refractivity (Wildman–Crippen MR) is 111 cm³/mol. The Morgan fingerprint density at radius 3 is 2.23 bits per heavy atom. The van der Waals surface area contributed by atoms with Crippen molar-refractivity contribution in [2.45, 2.75) is 76.1 Å². The average molecular weight is 418 g/mol. The van der Waals surface area contributed by atoms with Gasteiger partial charge >= 0.3 is 0 Å². The van der Waals surface area contributed by atoms with Gasteiger partial charge in [0.05, 0.1) is 29.8 Å². The quantitative estimate of drug-likeness (QED) is 0.690. The summed E-state index contributed by atoms with van der Waals surface area (Å²) < 4.78 is 12.6. The highest BCUT2D eigenvalue weighted by molar-refractivity contribution is 5.89. The van der Waals surface area contributed by atoms with Gasteiger partial charge in [0.2, 0.25) is 17.1 Å². The normalized spacial score (nSPS) is 35.1. The van der Waals surface area contributed by atoms with Crippen molar-refractivity contribution in [3.63, 3.8) is 0 Å². The van der Waals surface area contributed by atoms with Crippen LogP contribution in [0.3, 0.4) is 0 Å². The number of hydrogen-bond donors (Lipinski definition) is 1. The molecule has 4 rings (SSSR count). The molecular formula is C24H27N5O2. The van der Waals surface area contributed by atoms with Crippen LogP contribution in [-0.4, -0.2) is 16.7 Å². The molecular weight excluding hydrogens is 390 g/mol. The number of hydrogen-bond acceptors (Lipinski definition) is 7. The number of nitriles is 3. The molecule has 31 heavy (non-hydrogen) atoms. The SMILES string of the molecule is N#CC1(C#N)C(c2ccccn2)OC23CCCCCCCCCCC2C1(C#N)C(=N)O3. The minimum atomic E-state index is -1.92. The van der Waals surface area contributed by atoms with Crippen molar-refractivity contribution >= 4 is 5.90 Å². The van der Waals surface area contributed by atoms with Gasteiger partial charge in [-0.3, -0.25) is 10.4 Å². The van der Waals surface area contributed by atoms with E-state index in [2.05, 4.69) is 23.2 Å². The zero-order chi connectivity index (χ0) is 22.0. The fourth-order valence-corrected chi connectivity index (χ4v) is 5.72. The second kappa shape index (κ2) is 8.29. The molecule has 2 bridgehead atoms. The van der Waals surface area contributed by atoms with Gasteiger partial charge in [0.25, 0.3) is 0 Å². The van der Waals surface area contributed by atoms with Crippen molar-refractivity contribution in [1.29, 1.82) is 21.2 Å². The third-order valence-electron chi connectivity index (χ3n) is 7.27. The molecule has 7 nitrogen and oxygen atoms in total. The Kier molecular flexibility index (Phi) is 5.69. The molecule has 4 atom stereocenters. The van der Waals surface area contributed by atoms with Crippen molar-refractivity contribution in [2.75, 3.05) is 0 Å². The number of aromatic nitrogens is 1. The van der Waals surface area contributed by atoms with E-state index in [9.17, 15) is 15.8 Å². The van der Waals surface area contributed by atoms with Gasteiger partial charge in [0.15, 0.2) is 5.41 Å². The monoisotopic (exact) mass is 417 g/mol. The lowest BCUT2D eigenvalue weighted by molar-refractivity contribution is -0.288. The molecule has 0 aromatic carbocycles. The molecule has 0 amide bonds. The van der Waals surface area contributed by atoms with Crippen LogP contribution >= 0.6 is 0 Å². The van der Waals surface area contributed by atoms with Crippen molar-refractivity contribution in [3.8, 4) is 18.2 Å². The molecule has 1 aliphatic carbocycles. The average Bonchev–Trinajstić information content (AvgIpc) is 2.97. The number of rotatable bonds is 1. The summed E-state index contributed by atoms with van der Waals surface area (Å²) in [7, 11) is 0. The number of ether oxygens (including phenoxy) is 2.